The molecule has 0 saturated carbocycles. The van der Waals surface area contributed by atoms with E-state index in [-0.39, 0.29) is 23.4 Å². The number of aromatic nitrogens is 2. The monoisotopic (exact) mass is 796 g/mol. The number of aliphatic carboxylic acids is 2. The van der Waals surface area contributed by atoms with Crippen LogP contribution in [0.15, 0.2) is 140 Å². The molecule has 0 atom stereocenters. The third-order valence-electron chi connectivity index (χ3n) is 8.01. The van der Waals surface area contributed by atoms with E-state index in [1.807, 2.05) is 54.6 Å². The number of ether oxygens (including phenoxy) is 2. The van der Waals surface area contributed by atoms with Crippen LogP contribution in [0, 0.1) is 0 Å². The summed E-state index contributed by atoms with van der Waals surface area (Å²) in [5, 5.41) is 38.1. The Balaban J connectivity index is 0.000000246. The lowest BCUT2D eigenvalue weighted by molar-refractivity contribution is -0.892. The van der Waals surface area contributed by atoms with Gasteiger partial charge in [0.25, 0.3) is 0 Å². The van der Waals surface area contributed by atoms with Crippen molar-refractivity contribution in [2.75, 3.05) is 33.0 Å². The zero-order chi connectivity index (χ0) is 42.2. The second-order valence-corrected chi connectivity index (χ2v) is 11.9. The molecular weight excluding hydrogens is 751 g/mol. The van der Waals surface area contributed by atoms with Crippen LogP contribution in [-0.2, 0) is 29.1 Å². The number of hydrogen-bond acceptors (Lipinski definition) is 11. The minimum atomic E-state index is -2.23. The number of pyridine rings is 2. The molecule has 0 aliphatic carbocycles. The Morgan fingerprint density at radius 1 is 0.586 bits per heavy atom. The Hall–Kier alpha value is -6.62. The summed E-state index contributed by atoms with van der Waals surface area (Å²) in [7, 11) is -2.23. The molecule has 0 amide bonds. The molecule has 0 saturated heterocycles. The maximum atomic E-state index is 11.5. The zero-order valence-electron chi connectivity index (χ0n) is 32.1. The summed E-state index contributed by atoms with van der Waals surface area (Å²) in [5.41, 5.74) is 3.46. The average molecular weight is 797 g/mol. The topological polar surface area (TPSA) is 209 Å². The van der Waals surface area contributed by atoms with E-state index in [9.17, 15) is 29.2 Å². The molecule has 2 heterocycles. The van der Waals surface area contributed by atoms with Crippen LogP contribution in [0.2, 0.25) is 0 Å². The van der Waals surface area contributed by atoms with Crippen LogP contribution < -0.4 is 29.2 Å². The first-order valence-corrected chi connectivity index (χ1v) is 18.2. The number of carbonyl (C=O) groups excluding carboxylic acids is 2. The number of nitrogens with zero attached hydrogens (tertiary/aromatic N) is 2. The van der Waals surface area contributed by atoms with Gasteiger partial charge in [-0.2, -0.15) is 0 Å². The minimum absolute atomic E-state index is 0.144. The van der Waals surface area contributed by atoms with Crippen molar-refractivity contribution in [2.24, 2.45) is 0 Å². The quantitative estimate of drug-likeness (QED) is 0.0427. The van der Waals surface area contributed by atoms with Crippen molar-refractivity contribution in [3.8, 4) is 0 Å². The molecule has 15 nitrogen and oxygen atoms in total. The maximum Gasteiger partial charge on any atom is 0.409 e. The number of carboxylic acid groups (broad SMARTS) is 2. The second-order valence-electron chi connectivity index (χ2n) is 11.9. The molecule has 58 heavy (non-hydrogen) atoms. The van der Waals surface area contributed by atoms with Crippen molar-refractivity contribution < 1.29 is 72.7 Å². The number of carbonyl (C=O) groups is 4. The van der Waals surface area contributed by atoms with Crippen LogP contribution in [0.5, 0.6) is 0 Å². The molecule has 0 spiro atoms. The van der Waals surface area contributed by atoms with E-state index in [0.717, 1.165) is 6.42 Å². The molecule has 5 aromatic rings. The van der Waals surface area contributed by atoms with Gasteiger partial charge in [0.05, 0.1) is 7.32 Å². The van der Waals surface area contributed by atoms with Crippen LogP contribution in [0.3, 0.4) is 0 Å². The fourth-order valence-electron chi connectivity index (χ4n) is 5.70. The number of esters is 2. The summed E-state index contributed by atoms with van der Waals surface area (Å²) in [6.07, 6.45) is 4.43. The molecule has 0 aliphatic rings. The Kier molecular flexibility index (Phi) is 19.6. The van der Waals surface area contributed by atoms with Crippen LogP contribution in [0.25, 0.3) is 0 Å². The predicted octanol–water partition coefficient (Wildman–Crippen LogP) is 1.85. The third kappa shape index (κ3) is 14.5. The molecule has 2 N–H and O–H groups in total. The summed E-state index contributed by atoms with van der Waals surface area (Å²) in [6.45, 7) is 3.13. The normalized spacial score (nSPS) is 10.3. The first kappa shape index (κ1) is 45.8. The molecule has 0 fully saturated rings. The number of hydrogen-bond donors (Lipinski definition) is 2. The van der Waals surface area contributed by atoms with Crippen LogP contribution in [0.1, 0.15) is 64.4 Å². The van der Waals surface area contributed by atoms with Gasteiger partial charge in [-0.3, -0.25) is 9.68 Å². The lowest BCUT2D eigenvalue weighted by Crippen LogP contribution is -2.48. The van der Waals surface area contributed by atoms with Crippen LogP contribution in [-0.4, -0.2) is 74.4 Å². The Morgan fingerprint density at radius 3 is 1.28 bits per heavy atom. The average Bonchev–Trinajstić information content (AvgIpc) is 3.24. The van der Waals surface area contributed by atoms with Gasteiger partial charge in [-0.05, 0) is 55.5 Å². The second kappa shape index (κ2) is 24.8. The maximum absolute atomic E-state index is 11.5. The van der Waals surface area contributed by atoms with Crippen LogP contribution >= 0.6 is 0 Å². The molecule has 0 unspecified atom stereocenters. The molecule has 0 radical (unpaired) electrons. The fourth-order valence-corrected chi connectivity index (χ4v) is 5.70. The molecule has 0 bridgehead atoms. The van der Waals surface area contributed by atoms with E-state index < -0.39 is 44.4 Å². The van der Waals surface area contributed by atoms with Gasteiger partial charge in [0.15, 0.2) is 26.4 Å². The lowest BCUT2D eigenvalue weighted by atomic mass is 9.67. The molecule has 2 aromatic heterocycles. The fraction of sp³-hybridized carbons (Fsp3) is 0.238. The van der Waals surface area contributed by atoms with Gasteiger partial charge in [0.1, 0.15) is 0 Å². The smallest absolute Gasteiger partial charge is 0.409 e. The summed E-state index contributed by atoms with van der Waals surface area (Å²) in [6, 6.07) is 40.6. The van der Waals surface area contributed by atoms with Crippen molar-refractivity contribution in [1.29, 1.82) is 0 Å². The van der Waals surface area contributed by atoms with Gasteiger partial charge in [-0.15, -0.1) is 0 Å². The van der Waals surface area contributed by atoms with E-state index in [1.54, 1.807) is 50.5 Å². The van der Waals surface area contributed by atoms with E-state index in [1.165, 1.54) is 38.3 Å². The number of rotatable bonds is 18. The third-order valence-corrected chi connectivity index (χ3v) is 8.01. The highest BCUT2D eigenvalue weighted by atomic mass is 16.7. The lowest BCUT2D eigenvalue weighted by Gasteiger charge is -2.37. The summed E-state index contributed by atoms with van der Waals surface area (Å²) >= 11 is 0. The SMILES string of the molecule is CCO[n+]1ccccc1C(=O)OCC(=O)O.CCO[n+]1ccccc1C(=O)OCC(=O)O.[O-]B([O-])OCCCC(c1ccccc1)(c1ccccc1)c1ccccc1. The Morgan fingerprint density at radius 2 is 0.948 bits per heavy atom. The van der Waals surface area contributed by atoms with Gasteiger partial charge < -0.3 is 34.4 Å². The molecule has 0 aliphatic heterocycles. The molecule has 3 aromatic carbocycles. The summed E-state index contributed by atoms with van der Waals surface area (Å²) < 4.78 is 16.3. The summed E-state index contributed by atoms with van der Waals surface area (Å²) in [4.78, 5) is 53.6. The minimum Gasteiger partial charge on any atom is -0.871 e. The van der Waals surface area contributed by atoms with E-state index >= 15 is 0 Å². The highest BCUT2D eigenvalue weighted by Gasteiger charge is 2.35. The van der Waals surface area contributed by atoms with Crippen molar-refractivity contribution in [3.63, 3.8) is 0 Å². The van der Waals surface area contributed by atoms with Gasteiger partial charge in [-0.25, -0.2) is 19.2 Å². The van der Waals surface area contributed by atoms with Crippen molar-refractivity contribution in [1.82, 2.24) is 0 Å². The largest absolute Gasteiger partial charge is 0.871 e. The van der Waals surface area contributed by atoms with Crippen molar-refractivity contribution in [2.45, 2.75) is 32.1 Å². The highest BCUT2D eigenvalue weighted by Crippen LogP contribution is 2.42. The van der Waals surface area contributed by atoms with Gasteiger partial charge in [0, 0.05) is 45.7 Å². The van der Waals surface area contributed by atoms with E-state index in [2.05, 4.69) is 45.9 Å². The standard InChI is InChI=1S/C22H21BO3.2C10H11NO5/c24-23(25)26-18-10-17-22(19-11-4-1-5-12-19,20-13-6-2-7-14-20)21-15-8-3-9-16-21;2*1-2-16-11-6-4-3-5-8(11)10(14)15-7-9(12)13/h1-9,11-16H,10,17-18H2;2*3-6H,2,7H2,1H3/q-2;;/p+2. The van der Waals surface area contributed by atoms with E-state index in [0.29, 0.717) is 19.6 Å². The summed E-state index contributed by atoms with van der Waals surface area (Å²) in [5.74, 6) is -3.88. The Bertz CT molecular complexity index is 1830. The first-order chi connectivity index (χ1) is 28.0. The van der Waals surface area contributed by atoms with Gasteiger partial charge in [0.2, 0.25) is 12.4 Å². The zero-order valence-corrected chi connectivity index (χ0v) is 32.1. The molecular formula is C42H45BN2O13. The van der Waals surface area contributed by atoms with Crippen molar-refractivity contribution in [3.05, 3.63) is 168 Å². The molecule has 5 rings (SSSR count). The predicted molar refractivity (Wildman–Crippen MR) is 204 cm³/mol. The Labute approximate surface area is 336 Å². The number of benzene rings is 3. The molecule has 304 valence electrons. The molecule has 16 heteroatoms. The van der Waals surface area contributed by atoms with Gasteiger partial charge in [-0.1, -0.05) is 91.0 Å². The van der Waals surface area contributed by atoms with Crippen molar-refractivity contribution >= 4 is 31.2 Å². The first-order valence-electron chi connectivity index (χ1n) is 18.2. The highest BCUT2D eigenvalue weighted by molar-refractivity contribution is 6.28. The van der Waals surface area contributed by atoms with Gasteiger partial charge >= 0.3 is 35.3 Å². The van der Waals surface area contributed by atoms with E-state index in [4.69, 9.17) is 24.5 Å². The number of carboxylic acids is 2. The van der Waals surface area contributed by atoms with Crippen LogP contribution in [0.4, 0.5) is 0 Å².